The maximum atomic E-state index is 11.8. The van der Waals surface area contributed by atoms with Crippen LogP contribution in [0.15, 0.2) is 47.3 Å². The van der Waals surface area contributed by atoms with Crippen LogP contribution >= 0.6 is 11.3 Å². The van der Waals surface area contributed by atoms with Gasteiger partial charge in [0.1, 0.15) is 5.65 Å². The van der Waals surface area contributed by atoms with E-state index in [1.54, 1.807) is 23.5 Å². The average Bonchev–Trinajstić information content (AvgIpc) is 3.12. The lowest BCUT2D eigenvalue weighted by atomic mass is 10.3. The van der Waals surface area contributed by atoms with Crippen LogP contribution in [0, 0.1) is 6.92 Å². The second kappa shape index (κ2) is 5.93. The molecule has 0 aliphatic rings. The Balaban J connectivity index is 1.63. The van der Waals surface area contributed by atoms with Crippen molar-refractivity contribution in [1.29, 1.82) is 0 Å². The van der Waals surface area contributed by atoms with Crippen molar-refractivity contribution in [3.63, 3.8) is 0 Å². The molecule has 21 heavy (non-hydrogen) atoms. The Labute approximate surface area is 126 Å². The van der Waals surface area contributed by atoms with Gasteiger partial charge in [0.2, 0.25) is 5.91 Å². The Hall–Kier alpha value is -2.40. The van der Waals surface area contributed by atoms with Gasteiger partial charge in [-0.05, 0) is 47.5 Å². The molecular formula is C16H15N3OS. The second-order valence-electron chi connectivity index (χ2n) is 4.74. The van der Waals surface area contributed by atoms with Crippen molar-refractivity contribution < 1.29 is 4.79 Å². The maximum Gasteiger partial charge on any atom is 0.244 e. The standard InChI is InChI=1S/C16H15N3OS/c1-12-3-2-4-15-18-14(10-19(12)15)9-17-16(20)6-5-13-7-8-21-11-13/h2-8,10-11H,9H2,1H3,(H,17,20)/b6-5+. The Kier molecular flexibility index (Phi) is 3.83. The van der Waals surface area contributed by atoms with Crippen LogP contribution in [-0.4, -0.2) is 15.3 Å². The molecule has 1 amide bonds. The zero-order valence-corrected chi connectivity index (χ0v) is 12.4. The smallest absolute Gasteiger partial charge is 0.244 e. The van der Waals surface area contributed by atoms with Crippen molar-refractivity contribution in [2.75, 3.05) is 0 Å². The molecule has 0 aromatic carbocycles. The lowest BCUT2D eigenvalue weighted by molar-refractivity contribution is -0.116. The van der Waals surface area contributed by atoms with Crippen molar-refractivity contribution in [3.05, 3.63) is 64.2 Å². The predicted octanol–water partition coefficient (Wildman–Crippen LogP) is 3.03. The van der Waals surface area contributed by atoms with Crippen molar-refractivity contribution in [2.45, 2.75) is 13.5 Å². The summed E-state index contributed by atoms with van der Waals surface area (Å²) in [5.74, 6) is -0.116. The minimum atomic E-state index is -0.116. The summed E-state index contributed by atoms with van der Waals surface area (Å²) in [5.41, 5.74) is 3.91. The van der Waals surface area contributed by atoms with Gasteiger partial charge in [-0.2, -0.15) is 11.3 Å². The number of aryl methyl sites for hydroxylation is 1. The van der Waals surface area contributed by atoms with E-state index in [9.17, 15) is 4.79 Å². The fourth-order valence-electron chi connectivity index (χ4n) is 2.06. The van der Waals surface area contributed by atoms with Crippen LogP contribution in [0.3, 0.4) is 0 Å². The molecule has 0 saturated heterocycles. The minimum Gasteiger partial charge on any atom is -0.347 e. The quantitative estimate of drug-likeness (QED) is 0.752. The lowest BCUT2D eigenvalue weighted by Gasteiger charge is -1.98. The highest BCUT2D eigenvalue weighted by Crippen LogP contribution is 2.09. The molecule has 3 aromatic heterocycles. The number of amides is 1. The molecule has 106 valence electrons. The third-order valence-corrected chi connectivity index (χ3v) is 3.86. The van der Waals surface area contributed by atoms with E-state index in [0.717, 1.165) is 22.6 Å². The number of thiophene rings is 1. The minimum absolute atomic E-state index is 0.116. The number of pyridine rings is 1. The van der Waals surface area contributed by atoms with E-state index in [-0.39, 0.29) is 5.91 Å². The first-order valence-electron chi connectivity index (χ1n) is 6.64. The molecular weight excluding hydrogens is 282 g/mol. The van der Waals surface area contributed by atoms with Gasteiger partial charge >= 0.3 is 0 Å². The Morgan fingerprint density at radius 1 is 1.43 bits per heavy atom. The molecule has 0 unspecified atom stereocenters. The third kappa shape index (κ3) is 3.20. The summed E-state index contributed by atoms with van der Waals surface area (Å²) in [6, 6.07) is 7.93. The van der Waals surface area contributed by atoms with Gasteiger partial charge in [-0.3, -0.25) is 4.79 Å². The molecule has 3 aromatic rings. The van der Waals surface area contributed by atoms with Gasteiger partial charge in [0.05, 0.1) is 12.2 Å². The molecule has 0 radical (unpaired) electrons. The van der Waals surface area contributed by atoms with Gasteiger partial charge in [0, 0.05) is 18.0 Å². The van der Waals surface area contributed by atoms with E-state index >= 15 is 0 Å². The van der Waals surface area contributed by atoms with Crippen LogP contribution in [0.1, 0.15) is 17.0 Å². The number of aromatic nitrogens is 2. The first kappa shape index (κ1) is 13.6. The summed E-state index contributed by atoms with van der Waals surface area (Å²) < 4.78 is 2.02. The van der Waals surface area contributed by atoms with Gasteiger partial charge in [-0.15, -0.1) is 0 Å². The SMILES string of the molecule is Cc1cccc2nc(CNC(=O)/C=C/c3ccsc3)cn12. The van der Waals surface area contributed by atoms with Gasteiger partial charge in [0.15, 0.2) is 0 Å². The molecule has 0 atom stereocenters. The van der Waals surface area contributed by atoms with E-state index in [1.165, 1.54) is 0 Å². The normalized spacial score (nSPS) is 11.3. The molecule has 0 fully saturated rings. The number of fused-ring (bicyclic) bond motifs is 1. The molecule has 1 N–H and O–H groups in total. The van der Waals surface area contributed by atoms with Crippen molar-refractivity contribution in [3.8, 4) is 0 Å². The van der Waals surface area contributed by atoms with E-state index in [1.807, 2.05) is 52.5 Å². The topological polar surface area (TPSA) is 46.4 Å². The van der Waals surface area contributed by atoms with Crippen LogP contribution in [0.2, 0.25) is 0 Å². The van der Waals surface area contributed by atoms with E-state index in [2.05, 4.69) is 10.3 Å². The predicted molar refractivity (Wildman–Crippen MR) is 85.1 cm³/mol. The summed E-state index contributed by atoms with van der Waals surface area (Å²) in [4.78, 5) is 16.2. The molecule has 0 bridgehead atoms. The zero-order valence-electron chi connectivity index (χ0n) is 11.6. The summed E-state index contributed by atoms with van der Waals surface area (Å²) in [7, 11) is 0. The number of rotatable bonds is 4. The van der Waals surface area contributed by atoms with Crippen LogP contribution in [-0.2, 0) is 11.3 Å². The summed E-state index contributed by atoms with van der Waals surface area (Å²) in [6.07, 6.45) is 5.30. The molecule has 0 saturated carbocycles. The summed E-state index contributed by atoms with van der Waals surface area (Å²) in [6.45, 7) is 2.45. The molecule has 5 heteroatoms. The second-order valence-corrected chi connectivity index (χ2v) is 5.52. The Bertz CT molecular complexity index is 787. The van der Waals surface area contributed by atoms with Crippen LogP contribution in [0.25, 0.3) is 11.7 Å². The van der Waals surface area contributed by atoms with Gasteiger partial charge < -0.3 is 9.72 Å². The number of nitrogens with one attached hydrogen (secondary N) is 1. The Morgan fingerprint density at radius 3 is 3.10 bits per heavy atom. The van der Waals surface area contributed by atoms with E-state index in [4.69, 9.17) is 0 Å². The molecule has 4 nitrogen and oxygen atoms in total. The van der Waals surface area contributed by atoms with Gasteiger partial charge in [-0.25, -0.2) is 4.98 Å². The molecule has 0 aliphatic carbocycles. The third-order valence-electron chi connectivity index (χ3n) is 3.16. The van der Waals surface area contributed by atoms with Crippen molar-refractivity contribution >= 4 is 29.0 Å². The maximum absolute atomic E-state index is 11.8. The zero-order chi connectivity index (χ0) is 14.7. The Morgan fingerprint density at radius 2 is 2.33 bits per heavy atom. The summed E-state index contributed by atoms with van der Waals surface area (Å²) in [5, 5.41) is 6.82. The first-order chi connectivity index (χ1) is 10.2. The number of hydrogen-bond acceptors (Lipinski definition) is 3. The highest BCUT2D eigenvalue weighted by molar-refractivity contribution is 7.08. The van der Waals surface area contributed by atoms with Crippen LogP contribution in [0.4, 0.5) is 0 Å². The first-order valence-corrected chi connectivity index (χ1v) is 7.58. The van der Waals surface area contributed by atoms with Crippen molar-refractivity contribution in [1.82, 2.24) is 14.7 Å². The summed E-state index contributed by atoms with van der Waals surface area (Å²) >= 11 is 1.61. The monoisotopic (exact) mass is 297 g/mol. The number of carbonyl (C=O) groups excluding carboxylic acids is 1. The number of nitrogens with zero attached hydrogens (tertiary/aromatic N) is 2. The number of hydrogen-bond donors (Lipinski definition) is 1. The largest absolute Gasteiger partial charge is 0.347 e. The molecule has 3 rings (SSSR count). The van der Waals surface area contributed by atoms with Gasteiger partial charge in [-0.1, -0.05) is 6.07 Å². The van der Waals surface area contributed by atoms with Gasteiger partial charge in [0.25, 0.3) is 0 Å². The lowest BCUT2D eigenvalue weighted by Crippen LogP contribution is -2.20. The van der Waals surface area contributed by atoms with Crippen LogP contribution < -0.4 is 5.32 Å². The molecule has 3 heterocycles. The number of imidazole rings is 1. The highest BCUT2D eigenvalue weighted by atomic mass is 32.1. The fraction of sp³-hybridized carbons (Fsp3) is 0.125. The molecule has 0 aliphatic heterocycles. The highest BCUT2D eigenvalue weighted by Gasteiger charge is 2.04. The number of carbonyl (C=O) groups is 1. The fourth-order valence-corrected chi connectivity index (χ4v) is 2.69. The van der Waals surface area contributed by atoms with Crippen LogP contribution in [0.5, 0.6) is 0 Å². The van der Waals surface area contributed by atoms with Crippen molar-refractivity contribution in [2.24, 2.45) is 0 Å². The average molecular weight is 297 g/mol. The molecule has 0 spiro atoms. The van der Waals surface area contributed by atoms with E-state index in [0.29, 0.717) is 6.54 Å². The van der Waals surface area contributed by atoms with E-state index < -0.39 is 0 Å².